The summed E-state index contributed by atoms with van der Waals surface area (Å²) in [5.41, 5.74) is 11.9. The van der Waals surface area contributed by atoms with Crippen molar-refractivity contribution in [3.8, 4) is 11.5 Å². The molecular weight excluding hydrogens is 392 g/mol. The normalized spacial score (nSPS) is 11.0. The number of ether oxygens (including phenoxy) is 2. The number of benzene rings is 2. The lowest BCUT2D eigenvalue weighted by Crippen LogP contribution is -2.00. The molecule has 0 unspecified atom stereocenters. The van der Waals surface area contributed by atoms with Crippen molar-refractivity contribution in [3.05, 3.63) is 81.9 Å². The molecule has 5 heteroatoms. The summed E-state index contributed by atoms with van der Waals surface area (Å²) >= 11 is 1.70. The van der Waals surface area contributed by atoms with E-state index in [2.05, 4.69) is 48.5 Å². The first kappa shape index (κ1) is 20.2. The predicted octanol–water partition coefficient (Wildman–Crippen LogP) is 6.22. The van der Waals surface area contributed by atoms with Gasteiger partial charge in [-0.05, 0) is 54.5 Å². The van der Waals surface area contributed by atoms with E-state index < -0.39 is 0 Å². The van der Waals surface area contributed by atoms with Gasteiger partial charge in [-0.15, -0.1) is 11.3 Å². The van der Waals surface area contributed by atoms with Crippen molar-refractivity contribution in [3.63, 3.8) is 0 Å². The molecule has 0 saturated carbocycles. The second-order valence-electron chi connectivity index (χ2n) is 7.53. The number of rotatable bonds is 7. The smallest absolute Gasteiger partial charge is 0.132 e. The molecule has 0 aliphatic rings. The summed E-state index contributed by atoms with van der Waals surface area (Å²) in [6.07, 6.45) is 2.81. The van der Waals surface area contributed by atoms with Gasteiger partial charge in [-0.1, -0.05) is 36.8 Å². The number of hydrogen-bond donors (Lipinski definition) is 1. The summed E-state index contributed by atoms with van der Waals surface area (Å²) in [6.45, 7) is 7.23. The number of nitrogen functional groups attached to an aromatic ring is 1. The summed E-state index contributed by atoms with van der Waals surface area (Å²) in [4.78, 5) is 4.36. The minimum absolute atomic E-state index is 0.444. The van der Waals surface area contributed by atoms with Crippen molar-refractivity contribution >= 4 is 27.2 Å². The van der Waals surface area contributed by atoms with Gasteiger partial charge in [0, 0.05) is 27.9 Å². The number of aromatic nitrogens is 1. The zero-order valence-corrected chi connectivity index (χ0v) is 18.4. The van der Waals surface area contributed by atoms with Crippen molar-refractivity contribution < 1.29 is 9.47 Å². The molecule has 4 rings (SSSR count). The molecule has 0 saturated heterocycles. The Morgan fingerprint density at radius 1 is 0.900 bits per heavy atom. The van der Waals surface area contributed by atoms with Crippen LogP contribution in [0.5, 0.6) is 11.5 Å². The van der Waals surface area contributed by atoms with Crippen LogP contribution in [0.3, 0.4) is 0 Å². The van der Waals surface area contributed by atoms with Crippen LogP contribution >= 0.6 is 11.3 Å². The third-order valence-electron chi connectivity index (χ3n) is 5.10. The summed E-state index contributed by atoms with van der Waals surface area (Å²) in [5, 5.41) is 3.13. The van der Waals surface area contributed by atoms with Gasteiger partial charge in [-0.2, -0.15) is 0 Å². The number of nitrogens with zero attached hydrogens (tertiary/aromatic N) is 1. The van der Waals surface area contributed by atoms with Gasteiger partial charge in [0.05, 0.1) is 0 Å². The standard InChI is InChI=1S/C25H26N2O2S/c1-4-19-12-27-25(26)23-20(15-30-24(19)23)14-29-22-10-17(3)9-21(11-22)28-13-18-7-5-16(2)6-8-18/h5-12,15H,4,13-14H2,1-3H3,(H2,26,27). The maximum absolute atomic E-state index is 6.17. The number of hydrogen-bond acceptors (Lipinski definition) is 5. The molecule has 2 aromatic carbocycles. The molecule has 2 heterocycles. The highest BCUT2D eigenvalue weighted by molar-refractivity contribution is 7.17. The molecule has 30 heavy (non-hydrogen) atoms. The van der Waals surface area contributed by atoms with Crippen molar-refractivity contribution in [1.82, 2.24) is 4.98 Å². The quantitative estimate of drug-likeness (QED) is 0.387. The van der Waals surface area contributed by atoms with Crippen molar-refractivity contribution in [2.45, 2.75) is 40.4 Å². The molecule has 4 nitrogen and oxygen atoms in total. The van der Waals surface area contributed by atoms with Crippen LogP contribution in [0.2, 0.25) is 0 Å². The average molecular weight is 419 g/mol. The number of pyridine rings is 1. The maximum atomic E-state index is 6.17. The van der Waals surface area contributed by atoms with Gasteiger partial charge >= 0.3 is 0 Å². The van der Waals surface area contributed by atoms with Crippen LogP contribution in [0.1, 0.15) is 34.7 Å². The van der Waals surface area contributed by atoms with E-state index in [1.807, 2.05) is 31.3 Å². The predicted molar refractivity (Wildman–Crippen MR) is 124 cm³/mol. The topological polar surface area (TPSA) is 57.4 Å². The van der Waals surface area contributed by atoms with E-state index in [9.17, 15) is 0 Å². The minimum Gasteiger partial charge on any atom is -0.489 e. The first-order chi connectivity index (χ1) is 14.5. The molecule has 2 N–H and O–H groups in total. The zero-order valence-electron chi connectivity index (χ0n) is 17.6. The Hall–Kier alpha value is -3.05. The lowest BCUT2D eigenvalue weighted by Gasteiger charge is -2.12. The monoisotopic (exact) mass is 418 g/mol. The highest BCUT2D eigenvalue weighted by atomic mass is 32.1. The number of nitrogens with two attached hydrogens (primary N) is 1. The lowest BCUT2D eigenvalue weighted by molar-refractivity contribution is 0.290. The first-order valence-corrected chi connectivity index (χ1v) is 11.0. The van der Waals surface area contributed by atoms with E-state index in [1.165, 1.54) is 15.8 Å². The second kappa shape index (κ2) is 8.76. The second-order valence-corrected chi connectivity index (χ2v) is 8.41. The summed E-state index contributed by atoms with van der Waals surface area (Å²) < 4.78 is 13.3. The van der Waals surface area contributed by atoms with Crippen LogP contribution in [0.25, 0.3) is 10.1 Å². The fraction of sp³-hybridized carbons (Fsp3) is 0.240. The van der Waals surface area contributed by atoms with Gasteiger partial charge in [0.2, 0.25) is 0 Å². The Bertz CT molecular complexity index is 1170. The largest absolute Gasteiger partial charge is 0.489 e. The molecule has 0 fully saturated rings. The van der Waals surface area contributed by atoms with Crippen molar-refractivity contribution in [2.75, 3.05) is 5.73 Å². The molecule has 4 aromatic rings. The van der Waals surface area contributed by atoms with E-state index in [-0.39, 0.29) is 0 Å². The zero-order chi connectivity index (χ0) is 21.1. The third-order valence-corrected chi connectivity index (χ3v) is 6.20. The Kier molecular flexibility index (Phi) is 5.91. The molecule has 0 aliphatic heterocycles. The van der Waals surface area contributed by atoms with Gasteiger partial charge < -0.3 is 15.2 Å². The Morgan fingerprint density at radius 2 is 1.60 bits per heavy atom. The molecule has 0 bridgehead atoms. The molecule has 154 valence electrons. The van der Waals surface area contributed by atoms with Crippen molar-refractivity contribution in [1.29, 1.82) is 0 Å². The molecule has 0 aliphatic carbocycles. The molecular formula is C25H26N2O2S. The Morgan fingerprint density at radius 3 is 2.30 bits per heavy atom. The van der Waals surface area contributed by atoms with Gasteiger partial charge in [-0.25, -0.2) is 4.98 Å². The van der Waals surface area contributed by atoms with E-state index in [1.54, 1.807) is 11.3 Å². The minimum atomic E-state index is 0.444. The van der Waals surface area contributed by atoms with Gasteiger partial charge in [-0.3, -0.25) is 0 Å². The molecule has 2 aromatic heterocycles. The number of fused-ring (bicyclic) bond motifs is 1. The van der Waals surface area contributed by atoms with Gasteiger partial charge in [0.1, 0.15) is 30.5 Å². The summed E-state index contributed by atoms with van der Waals surface area (Å²) in [7, 11) is 0. The van der Waals surface area contributed by atoms with Crippen LogP contribution in [-0.4, -0.2) is 4.98 Å². The molecule has 0 spiro atoms. The van der Waals surface area contributed by atoms with Crippen LogP contribution in [0.4, 0.5) is 5.82 Å². The number of thiophene rings is 1. The van der Waals surface area contributed by atoms with E-state index in [4.69, 9.17) is 15.2 Å². The average Bonchev–Trinajstić information content (AvgIpc) is 3.17. The van der Waals surface area contributed by atoms with Crippen molar-refractivity contribution in [2.24, 2.45) is 0 Å². The van der Waals surface area contributed by atoms with E-state index in [0.29, 0.717) is 19.0 Å². The molecule has 0 atom stereocenters. The third kappa shape index (κ3) is 4.41. The Labute approximate surface area is 181 Å². The fourth-order valence-electron chi connectivity index (χ4n) is 3.43. The number of anilines is 1. The van der Waals surface area contributed by atoms with Crippen LogP contribution in [0.15, 0.2) is 54.0 Å². The van der Waals surface area contributed by atoms with E-state index in [0.717, 1.165) is 40.0 Å². The van der Waals surface area contributed by atoms with Crippen LogP contribution in [0, 0.1) is 13.8 Å². The van der Waals surface area contributed by atoms with E-state index >= 15 is 0 Å². The van der Waals surface area contributed by atoms with Crippen LogP contribution < -0.4 is 15.2 Å². The number of aryl methyl sites for hydroxylation is 3. The molecule has 0 amide bonds. The van der Waals surface area contributed by atoms with Gasteiger partial charge in [0.15, 0.2) is 0 Å². The fourth-order valence-corrected chi connectivity index (χ4v) is 4.58. The highest BCUT2D eigenvalue weighted by Gasteiger charge is 2.13. The SMILES string of the molecule is CCc1cnc(N)c2c(COc3cc(C)cc(OCc4ccc(C)cc4)c3)csc12. The first-order valence-electron chi connectivity index (χ1n) is 10.1. The lowest BCUT2D eigenvalue weighted by atomic mass is 10.1. The van der Waals surface area contributed by atoms with Gasteiger partial charge in [0.25, 0.3) is 0 Å². The highest BCUT2D eigenvalue weighted by Crippen LogP contribution is 2.33. The molecule has 0 radical (unpaired) electrons. The maximum Gasteiger partial charge on any atom is 0.132 e. The van der Waals surface area contributed by atoms with Crippen LogP contribution in [-0.2, 0) is 19.6 Å². The Balaban J connectivity index is 1.49. The summed E-state index contributed by atoms with van der Waals surface area (Å²) in [5.74, 6) is 2.15. The summed E-state index contributed by atoms with van der Waals surface area (Å²) in [6, 6.07) is 14.4.